The van der Waals surface area contributed by atoms with Crippen LogP contribution in [-0.4, -0.2) is 10.1 Å². The highest BCUT2D eigenvalue weighted by Gasteiger charge is 2.15. The van der Waals surface area contributed by atoms with Crippen molar-refractivity contribution in [2.24, 2.45) is 0 Å². The van der Waals surface area contributed by atoms with Gasteiger partial charge in [0.15, 0.2) is 5.76 Å². The zero-order valence-corrected chi connectivity index (χ0v) is 14.1. The van der Waals surface area contributed by atoms with Gasteiger partial charge < -0.3 is 13.7 Å². The van der Waals surface area contributed by atoms with Crippen LogP contribution >= 0.6 is 11.6 Å². The van der Waals surface area contributed by atoms with E-state index in [1.807, 2.05) is 12.1 Å². The number of ether oxygens (including phenoxy) is 1. The summed E-state index contributed by atoms with van der Waals surface area (Å²) in [5.41, 5.74) is 0.648. The summed E-state index contributed by atoms with van der Waals surface area (Å²) >= 11 is 6.05. The number of halogens is 2. The molecule has 4 rings (SSSR count). The van der Waals surface area contributed by atoms with E-state index in [1.165, 1.54) is 12.1 Å². The van der Waals surface area contributed by atoms with E-state index >= 15 is 0 Å². The van der Waals surface area contributed by atoms with E-state index in [4.69, 9.17) is 25.3 Å². The van der Waals surface area contributed by atoms with Crippen LogP contribution in [0.1, 0.15) is 5.76 Å². The van der Waals surface area contributed by atoms with Crippen molar-refractivity contribution in [3.8, 4) is 28.8 Å². The number of benzene rings is 2. The highest BCUT2D eigenvalue weighted by atomic mass is 35.5. The Morgan fingerprint density at radius 3 is 2.62 bits per heavy atom. The third-order valence-electron chi connectivity index (χ3n) is 3.61. The summed E-state index contributed by atoms with van der Waals surface area (Å²) < 4.78 is 29.5. The summed E-state index contributed by atoms with van der Waals surface area (Å²) in [6.07, 6.45) is 0. The molecule has 0 aliphatic rings. The Balaban J connectivity index is 1.48. The third kappa shape index (κ3) is 3.45. The predicted molar refractivity (Wildman–Crippen MR) is 93.2 cm³/mol. The van der Waals surface area contributed by atoms with Gasteiger partial charge in [-0.3, -0.25) is 0 Å². The number of aromatic nitrogens is 2. The molecular formula is C19H12ClFN2O3. The largest absolute Gasteiger partial charge is 0.484 e. The first-order valence-corrected chi connectivity index (χ1v) is 8.13. The molecule has 0 aliphatic carbocycles. The molecule has 2 heterocycles. The fourth-order valence-corrected chi connectivity index (χ4v) is 2.51. The van der Waals surface area contributed by atoms with Crippen molar-refractivity contribution in [1.82, 2.24) is 10.1 Å². The molecule has 0 N–H and O–H groups in total. The van der Waals surface area contributed by atoms with Crippen LogP contribution in [0.5, 0.6) is 5.75 Å². The predicted octanol–water partition coefficient (Wildman–Crippen LogP) is 5.37. The molecule has 0 saturated carbocycles. The smallest absolute Gasteiger partial charge is 0.293 e. The number of rotatable bonds is 5. The van der Waals surface area contributed by atoms with Gasteiger partial charge in [-0.15, -0.1) is 0 Å². The Morgan fingerprint density at radius 2 is 1.81 bits per heavy atom. The first-order valence-electron chi connectivity index (χ1n) is 7.75. The SMILES string of the molecule is Fc1ccc(-c2noc(-c3ccc(COc4ccccc4Cl)o3)n2)cc1. The molecule has 2 aromatic carbocycles. The molecule has 26 heavy (non-hydrogen) atoms. The molecule has 0 atom stereocenters. The standard InChI is InChI=1S/C19H12ClFN2O3/c20-15-3-1-2-4-16(15)24-11-14-9-10-17(25-14)19-22-18(23-26-19)12-5-7-13(21)8-6-12/h1-10H,11H2. The molecule has 0 bridgehead atoms. The maximum absolute atomic E-state index is 13.0. The monoisotopic (exact) mass is 370 g/mol. The van der Waals surface area contributed by atoms with E-state index in [1.54, 1.807) is 36.4 Å². The minimum absolute atomic E-state index is 0.211. The van der Waals surface area contributed by atoms with Gasteiger partial charge >= 0.3 is 0 Å². The molecule has 7 heteroatoms. The lowest BCUT2D eigenvalue weighted by Gasteiger charge is -2.05. The van der Waals surface area contributed by atoms with Crippen molar-refractivity contribution in [3.05, 3.63) is 77.3 Å². The quantitative estimate of drug-likeness (QED) is 0.472. The van der Waals surface area contributed by atoms with Crippen molar-refractivity contribution < 1.29 is 18.1 Å². The Morgan fingerprint density at radius 1 is 1.00 bits per heavy atom. The minimum Gasteiger partial charge on any atom is -0.484 e. The molecule has 0 saturated heterocycles. The van der Waals surface area contributed by atoms with E-state index < -0.39 is 0 Å². The summed E-state index contributed by atoms with van der Waals surface area (Å²) in [6.45, 7) is 0.211. The second-order valence-corrected chi connectivity index (χ2v) is 5.82. The summed E-state index contributed by atoms with van der Waals surface area (Å²) in [6, 6.07) is 16.5. The number of nitrogens with zero attached hydrogens (tertiary/aromatic N) is 2. The molecule has 5 nitrogen and oxygen atoms in total. The lowest BCUT2D eigenvalue weighted by molar-refractivity contribution is 0.270. The summed E-state index contributed by atoms with van der Waals surface area (Å²) in [5, 5.41) is 4.42. The fourth-order valence-electron chi connectivity index (χ4n) is 2.32. The molecule has 0 amide bonds. The van der Waals surface area contributed by atoms with Gasteiger partial charge in [-0.1, -0.05) is 28.9 Å². The van der Waals surface area contributed by atoms with Crippen LogP contribution in [0.25, 0.3) is 23.0 Å². The average molecular weight is 371 g/mol. The number of hydrogen-bond acceptors (Lipinski definition) is 5. The Bertz CT molecular complexity index is 1030. The van der Waals surface area contributed by atoms with Crippen LogP contribution in [0.3, 0.4) is 0 Å². The molecule has 130 valence electrons. The van der Waals surface area contributed by atoms with Gasteiger partial charge in [0.05, 0.1) is 5.02 Å². The number of para-hydroxylation sites is 1. The van der Waals surface area contributed by atoms with E-state index in [9.17, 15) is 4.39 Å². The molecule has 0 radical (unpaired) electrons. The summed E-state index contributed by atoms with van der Waals surface area (Å²) in [7, 11) is 0. The molecule has 0 unspecified atom stereocenters. The van der Waals surface area contributed by atoms with E-state index in [0.29, 0.717) is 33.7 Å². The molecule has 0 aliphatic heterocycles. The number of hydrogen-bond donors (Lipinski definition) is 0. The third-order valence-corrected chi connectivity index (χ3v) is 3.92. The van der Waals surface area contributed by atoms with Gasteiger partial charge in [-0.2, -0.15) is 4.98 Å². The van der Waals surface area contributed by atoms with Crippen molar-refractivity contribution in [2.75, 3.05) is 0 Å². The summed E-state index contributed by atoms with van der Waals surface area (Å²) in [5.74, 6) is 1.83. The highest BCUT2D eigenvalue weighted by molar-refractivity contribution is 6.32. The summed E-state index contributed by atoms with van der Waals surface area (Å²) in [4.78, 5) is 4.27. The molecule has 2 aromatic heterocycles. The maximum atomic E-state index is 13.0. The first kappa shape index (κ1) is 16.4. The lowest BCUT2D eigenvalue weighted by Crippen LogP contribution is -1.93. The normalized spacial score (nSPS) is 10.8. The van der Waals surface area contributed by atoms with Gasteiger partial charge in [-0.25, -0.2) is 4.39 Å². The Hall–Kier alpha value is -3.12. The van der Waals surface area contributed by atoms with Gasteiger partial charge in [0.25, 0.3) is 5.89 Å². The second-order valence-electron chi connectivity index (χ2n) is 5.42. The Kier molecular flexibility index (Phi) is 4.41. The van der Waals surface area contributed by atoms with Gasteiger partial charge in [-0.05, 0) is 48.5 Å². The van der Waals surface area contributed by atoms with Crippen LogP contribution in [0.4, 0.5) is 4.39 Å². The zero-order valence-electron chi connectivity index (χ0n) is 13.4. The zero-order chi connectivity index (χ0) is 17.9. The van der Waals surface area contributed by atoms with Crippen LogP contribution in [0.2, 0.25) is 5.02 Å². The van der Waals surface area contributed by atoms with Crippen molar-refractivity contribution >= 4 is 11.6 Å². The lowest BCUT2D eigenvalue weighted by atomic mass is 10.2. The molecular weight excluding hydrogens is 359 g/mol. The van der Waals surface area contributed by atoms with Crippen LogP contribution in [-0.2, 0) is 6.61 Å². The van der Waals surface area contributed by atoms with Crippen molar-refractivity contribution in [1.29, 1.82) is 0 Å². The van der Waals surface area contributed by atoms with E-state index in [2.05, 4.69) is 10.1 Å². The molecule has 4 aromatic rings. The van der Waals surface area contributed by atoms with Crippen LogP contribution in [0.15, 0.2) is 69.6 Å². The van der Waals surface area contributed by atoms with Crippen molar-refractivity contribution in [3.63, 3.8) is 0 Å². The second kappa shape index (κ2) is 7.01. The van der Waals surface area contributed by atoms with E-state index in [0.717, 1.165) is 0 Å². The van der Waals surface area contributed by atoms with Gasteiger partial charge in [0.2, 0.25) is 5.82 Å². The average Bonchev–Trinajstić information content (AvgIpc) is 3.31. The van der Waals surface area contributed by atoms with E-state index in [-0.39, 0.29) is 18.3 Å². The minimum atomic E-state index is -0.327. The Labute approximate surface area is 153 Å². The first-order chi connectivity index (χ1) is 12.7. The highest BCUT2D eigenvalue weighted by Crippen LogP contribution is 2.27. The van der Waals surface area contributed by atoms with Crippen molar-refractivity contribution in [2.45, 2.75) is 6.61 Å². The topological polar surface area (TPSA) is 61.3 Å². The van der Waals surface area contributed by atoms with Crippen LogP contribution in [0, 0.1) is 5.82 Å². The van der Waals surface area contributed by atoms with Gasteiger partial charge in [0, 0.05) is 5.56 Å². The molecule has 0 fully saturated rings. The molecule has 0 spiro atoms. The fraction of sp³-hybridized carbons (Fsp3) is 0.0526. The maximum Gasteiger partial charge on any atom is 0.293 e. The van der Waals surface area contributed by atoms with Crippen LogP contribution < -0.4 is 4.74 Å². The number of furan rings is 1. The van der Waals surface area contributed by atoms with Gasteiger partial charge in [0.1, 0.15) is 23.9 Å².